The van der Waals surface area contributed by atoms with Gasteiger partial charge in [-0.05, 0) is 36.8 Å². The molecule has 0 amide bonds. The average molecular weight is 486 g/mol. The van der Waals surface area contributed by atoms with Crippen molar-refractivity contribution < 1.29 is 9.84 Å². The number of rotatable bonds is 10. The number of ether oxygens (including phenoxy) is 1. The fourth-order valence-corrected chi connectivity index (χ4v) is 4.47. The van der Waals surface area contributed by atoms with Gasteiger partial charge in [-0.3, -0.25) is 9.47 Å². The van der Waals surface area contributed by atoms with Gasteiger partial charge in [0.15, 0.2) is 0 Å². The van der Waals surface area contributed by atoms with Gasteiger partial charge in [0.25, 0.3) is 0 Å². The molecule has 1 N–H and O–H groups in total. The molecular weight excluding hydrogens is 454 g/mol. The molecule has 9 heteroatoms. The van der Waals surface area contributed by atoms with E-state index in [1.54, 1.807) is 4.57 Å². The molecule has 34 heavy (non-hydrogen) atoms. The summed E-state index contributed by atoms with van der Waals surface area (Å²) in [7, 11) is 0. The molecule has 0 saturated carbocycles. The van der Waals surface area contributed by atoms with Gasteiger partial charge in [-0.25, -0.2) is 9.48 Å². The summed E-state index contributed by atoms with van der Waals surface area (Å²) in [5.74, 6) is 1.55. The van der Waals surface area contributed by atoms with Crippen LogP contribution in [-0.2, 0) is 19.5 Å². The smallest absolute Gasteiger partial charge is 0.346 e. The molecule has 1 atom stereocenters. The van der Waals surface area contributed by atoms with Crippen LogP contribution in [0.4, 0.5) is 5.69 Å². The first-order valence-corrected chi connectivity index (χ1v) is 12.2. The lowest BCUT2D eigenvalue weighted by molar-refractivity contribution is -0.00474. The van der Waals surface area contributed by atoms with Crippen LogP contribution < -0.4 is 15.3 Å². The van der Waals surface area contributed by atoms with E-state index in [1.807, 2.05) is 61.5 Å². The zero-order valence-electron chi connectivity index (χ0n) is 19.5. The topological polar surface area (TPSA) is 75.8 Å². The molecule has 1 unspecified atom stereocenters. The molecule has 1 aliphatic rings. The summed E-state index contributed by atoms with van der Waals surface area (Å²) >= 11 is 6.11. The summed E-state index contributed by atoms with van der Waals surface area (Å²) in [4.78, 5) is 17.1. The third-order valence-corrected chi connectivity index (χ3v) is 6.33. The number of hydrogen-bond donors (Lipinski definition) is 1. The maximum Gasteiger partial charge on any atom is 0.346 e. The largest absolute Gasteiger partial charge is 0.492 e. The van der Waals surface area contributed by atoms with E-state index in [0.717, 1.165) is 36.8 Å². The Bertz CT molecular complexity index is 1120. The minimum absolute atomic E-state index is 0.111. The Kier molecular flexibility index (Phi) is 8.26. The van der Waals surface area contributed by atoms with E-state index in [-0.39, 0.29) is 5.69 Å². The number of benzene rings is 2. The Morgan fingerprint density at radius 2 is 1.91 bits per heavy atom. The highest BCUT2D eigenvalue weighted by molar-refractivity contribution is 6.30. The first-order chi connectivity index (χ1) is 16.5. The molecule has 3 aromatic rings. The minimum Gasteiger partial charge on any atom is -0.492 e. The predicted molar refractivity (Wildman–Crippen MR) is 134 cm³/mol. The number of aliphatic hydroxyl groups excluding tert-OH is 1. The Balaban J connectivity index is 1.28. The fourth-order valence-electron chi connectivity index (χ4n) is 4.28. The number of nitrogens with zero attached hydrogens (tertiary/aromatic N) is 5. The van der Waals surface area contributed by atoms with E-state index in [1.165, 1.54) is 4.68 Å². The second kappa shape index (κ2) is 11.6. The highest BCUT2D eigenvalue weighted by Crippen LogP contribution is 2.22. The highest BCUT2D eigenvalue weighted by atomic mass is 35.5. The van der Waals surface area contributed by atoms with Gasteiger partial charge in [-0.2, -0.15) is 5.10 Å². The number of piperazine rings is 1. The van der Waals surface area contributed by atoms with E-state index in [4.69, 9.17) is 16.3 Å². The van der Waals surface area contributed by atoms with Crippen molar-refractivity contribution in [3.8, 4) is 5.75 Å². The van der Waals surface area contributed by atoms with Crippen LogP contribution in [0, 0.1) is 0 Å². The normalized spacial score (nSPS) is 16.7. The number of halogens is 1. The van der Waals surface area contributed by atoms with Gasteiger partial charge < -0.3 is 14.7 Å². The van der Waals surface area contributed by atoms with Crippen molar-refractivity contribution in [3.63, 3.8) is 0 Å². The van der Waals surface area contributed by atoms with Gasteiger partial charge in [0.05, 0.1) is 13.1 Å². The summed E-state index contributed by atoms with van der Waals surface area (Å²) < 4.78 is 8.98. The molecule has 0 radical (unpaired) electrons. The molecule has 1 aromatic heterocycles. The summed E-state index contributed by atoms with van der Waals surface area (Å²) in [6.45, 7) is 6.16. The van der Waals surface area contributed by atoms with E-state index in [2.05, 4.69) is 14.9 Å². The highest BCUT2D eigenvalue weighted by Gasteiger charge is 2.25. The monoisotopic (exact) mass is 485 g/mol. The van der Waals surface area contributed by atoms with Crippen molar-refractivity contribution in [3.05, 3.63) is 75.9 Å². The molecule has 2 aromatic carbocycles. The number of aromatic nitrogens is 3. The zero-order chi connectivity index (χ0) is 23.9. The summed E-state index contributed by atoms with van der Waals surface area (Å²) in [6, 6.07) is 17.3. The van der Waals surface area contributed by atoms with Crippen molar-refractivity contribution in [2.45, 2.75) is 39.1 Å². The number of anilines is 1. The molecule has 8 nitrogen and oxygen atoms in total. The van der Waals surface area contributed by atoms with E-state index < -0.39 is 6.23 Å². The molecule has 182 valence electrons. The molecule has 2 heterocycles. The Hall–Kier alpha value is -2.81. The van der Waals surface area contributed by atoms with Gasteiger partial charge in [0.2, 0.25) is 0 Å². The van der Waals surface area contributed by atoms with Gasteiger partial charge >= 0.3 is 5.69 Å². The molecular formula is C25H32ClN5O3. The van der Waals surface area contributed by atoms with Crippen LogP contribution >= 0.6 is 11.6 Å². The van der Waals surface area contributed by atoms with Crippen LogP contribution in [0.25, 0.3) is 0 Å². The van der Waals surface area contributed by atoms with E-state index in [9.17, 15) is 9.90 Å². The van der Waals surface area contributed by atoms with Crippen LogP contribution in [-0.4, -0.2) is 63.4 Å². The van der Waals surface area contributed by atoms with Crippen LogP contribution in [0.15, 0.2) is 59.4 Å². The molecule has 1 fully saturated rings. The number of β-amino-alcohol motifs (C(OH)–C–C–N with tert-alkyl or cyclic N) is 1. The summed E-state index contributed by atoms with van der Waals surface area (Å²) in [5.41, 5.74) is 0.909. The molecule has 0 spiro atoms. The number of hydrogen-bond acceptors (Lipinski definition) is 6. The van der Waals surface area contributed by atoms with Crippen molar-refractivity contribution in [2.75, 3.05) is 37.7 Å². The quantitative estimate of drug-likeness (QED) is 0.476. The maximum absolute atomic E-state index is 12.9. The van der Waals surface area contributed by atoms with Crippen LogP contribution in [0.5, 0.6) is 5.75 Å². The summed E-state index contributed by atoms with van der Waals surface area (Å²) in [5, 5.41) is 15.9. The summed E-state index contributed by atoms with van der Waals surface area (Å²) in [6.07, 6.45) is 0.843. The Labute approximate surface area is 204 Å². The van der Waals surface area contributed by atoms with Crippen LogP contribution in [0.3, 0.4) is 0 Å². The second-order valence-electron chi connectivity index (χ2n) is 8.38. The fraction of sp³-hybridized carbons (Fsp3) is 0.440. The third-order valence-electron chi connectivity index (χ3n) is 6.09. The zero-order valence-corrected chi connectivity index (χ0v) is 20.3. The van der Waals surface area contributed by atoms with Crippen molar-refractivity contribution in [1.82, 2.24) is 19.2 Å². The second-order valence-corrected chi connectivity index (χ2v) is 8.82. The van der Waals surface area contributed by atoms with Crippen LogP contribution in [0.2, 0.25) is 5.02 Å². The predicted octanol–water partition coefficient (Wildman–Crippen LogP) is 2.87. The van der Waals surface area contributed by atoms with Gasteiger partial charge in [-0.1, -0.05) is 42.8 Å². The molecule has 1 saturated heterocycles. The maximum atomic E-state index is 12.9. The number of para-hydroxylation sites is 1. The van der Waals surface area contributed by atoms with Gasteiger partial charge in [0.1, 0.15) is 24.4 Å². The van der Waals surface area contributed by atoms with Crippen molar-refractivity contribution >= 4 is 17.3 Å². The lowest BCUT2D eigenvalue weighted by atomic mass is 10.2. The lowest BCUT2D eigenvalue weighted by Crippen LogP contribution is -2.53. The Morgan fingerprint density at radius 1 is 1.09 bits per heavy atom. The first-order valence-electron chi connectivity index (χ1n) is 11.8. The Morgan fingerprint density at radius 3 is 2.65 bits per heavy atom. The third kappa shape index (κ3) is 6.00. The minimum atomic E-state index is -0.566. The SMILES string of the molecule is CCc1nn(CCCN2CCN(c3cccc(Cl)c3)CC2O)c(=O)n1CCOc1ccccc1. The van der Waals surface area contributed by atoms with Crippen molar-refractivity contribution in [2.24, 2.45) is 0 Å². The molecule has 0 bridgehead atoms. The number of aliphatic hydroxyl groups is 1. The number of aryl methyl sites for hydroxylation is 2. The van der Waals surface area contributed by atoms with E-state index in [0.29, 0.717) is 44.2 Å². The first kappa shape index (κ1) is 24.3. The average Bonchev–Trinajstić information content (AvgIpc) is 3.15. The van der Waals surface area contributed by atoms with Crippen molar-refractivity contribution in [1.29, 1.82) is 0 Å². The standard InChI is InChI=1S/C25H32ClN5O3/c1-2-23-27-31(25(33)30(23)16-17-34-22-10-4-3-5-11-22)13-7-12-28-14-15-29(19-24(28)32)21-9-6-8-20(26)18-21/h3-6,8-11,18,24,32H,2,7,12-17,19H2,1H3. The molecule has 1 aliphatic heterocycles. The lowest BCUT2D eigenvalue weighted by Gasteiger charge is -2.40. The van der Waals surface area contributed by atoms with Crippen LogP contribution in [0.1, 0.15) is 19.2 Å². The van der Waals surface area contributed by atoms with Gasteiger partial charge in [-0.15, -0.1) is 0 Å². The van der Waals surface area contributed by atoms with Gasteiger partial charge in [0, 0.05) is 43.3 Å². The molecule has 0 aliphatic carbocycles. The molecule has 4 rings (SSSR count). The van der Waals surface area contributed by atoms with E-state index >= 15 is 0 Å².